The molecule has 3 amide bonds. The predicted octanol–water partition coefficient (Wildman–Crippen LogP) is 0.180. The smallest absolute Gasteiger partial charge is 0.407 e. The summed E-state index contributed by atoms with van der Waals surface area (Å²) in [6.07, 6.45) is 0.948. The number of methoxy groups -OCH3 is 1. The lowest BCUT2D eigenvalue weighted by Gasteiger charge is -2.41. The molecular weight excluding hydrogens is 278 g/mol. The van der Waals surface area contributed by atoms with Gasteiger partial charge in [0.2, 0.25) is 0 Å². The molecule has 2 aliphatic heterocycles. The Morgan fingerprint density at radius 1 is 1.29 bits per heavy atom. The van der Waals surface area contributed by atoms with Gasteiger partial charge in [0, 0.05) is 25.7 Å². The van der Waals surface area contributed by atoms with Gasteiger partial charge in [-0.25, -0.2) is 9.59 Å². The van der Waals surface area contributed by atoms with Gasteiger partial charge in [-0.05, 0) is 12.8 Å². The summed E-state index contributed by atoms with van der Waals surface area (Å²) >= 11 is 0. The highest BCUT2D eigenvalue weighted by Crippen LogP contribution is 2.35. The highest BCUT2D eigenvalue weighted by molar-refractivity contribution is 5.80. The number of hydrogen-bond acceptors (Lipinski definition) is 4. The Hall–Kier alpha value is -1.99. The normalized spacial score (nSPS) is 28.6. The SMILES string of the molecule is COC(=O)CC1C2CN(C3CC3)C(=O)N2CCN1C(=O)O. The molecule has 2 saturated heterocycles. The number of piperazine rings is 1. The molecule has 3 fully saturated rings. The molecule has 8 heteroatoms. The van der Waals surface area contributed by atoms with E-state index in [9.17, 15) is 19.5 Å². The van der Waals surface area contributed by atoms with E-state index >= 15 is 0 Å². The van der Waals surface area contributed by atoms with Crippen LogP contribution >= 0.6 is 0 Å². The van der Waals surface area contributed by atoms with E-state index in [1.54, 1.807) is 4.90 Å². The molecule has 0 aromatic carbocycles. The highest BCUT2D eigenvalue weighted by Gasteiger charge is 2.51. The fraction of sp³-hybridized carbons (Fsp3) is 0.769. The fourth-order valence-electron chi connectivity index (χ4n) is 3.29. The van der Waals surface area contributed by atoms with Crippen LogP contribution in [0.2, 0.25) is 0 Å². The van der Waals surface area contributed by atoms with Gasteiger partial charge in [-0.3, -0.25) is 4.79 Å². The van der Waals surface area contributed by atoms with Crippen molar-refractivity contribution in [3.8, 4) is 0 Å². The Bertz CT molecular complexity index is 478. The van der Waals surface area contributed by atoms with Gasteiger partial charge in [0.05, 0.1) is 25.6 Å². The van der Waals surface area contributed by atoms with Gasteiger partial charge in [0.15, 0.2) is 0 Å². The highest BCUT2D eigenvalue weighted by atomic mass is 16.5. The number of ether oxygens (including phenoxy) is 1. The van der Waals surface area contributed by atoms with Crippen LogP contribution in [0.3, 0.4) is 0 Å². The Morgan fingerprint density at radius 2 is 2.00 bits per heavy atom. The van der Waals surface area contributed by atoms with Crippen molar-refractivity contribution in [1.82, 2.24) is 14.7 Å². The standard InChI is InChI=1S/C13H19N3O5/c1-21-11(17)6-9-10-7-16(8-2-3-8)12(18)14(10)4-5-15(9)13(19)20/h8-10H,2-7H2,1H3,(H,19,20). The van der Waals surface area contributed by atoms with Gasteiger partial charge in [0.25, 0.3) is 0 Å². The summed E-state index contributed by atoms with van der Waals surface area (Å²) < 4.78 is 4.67. The van der Waals surface area contributed by atoms with Crippen molar-refractivity contribution in [1.29, 1.82) is 0 Å². The van der Waals surface area contributed by atoms with Crippen LogP contribution in [0.1, 0.15) is 19.3 Å². The molecule has 0 aromatic heterocycles. The average molecular weight is 297 g/mol. The van der Waals surface area contributed by atoms with E-state index in [4.69, 9.17) is 0 Å². The van der Waals surface area contributed by atoms with Crippen molar-refractivity contribution in [2.45, 2.75) is 37.4 Å². The van der Waals surface area contributed by atoms with Gasteiger partial charge >= 0.3 is 18.1 Å². The quantitative estimate of drug-likeness (QED) is 0.750. The van der Waals surface area contributed by atoms with Gasteiger partial charge in [-0.2, -0.15) is 0 Å². The second kappa shape index (κ2) is 5.09. The average Bonchev–Trinajstić information content (AvgIpc) is 3.24. The van der Waals surface area contributed by atoms with Crippen LogP contribution in [0, 0.1) is 0 Å². The van der Waals surface area contributed by atoms with E-state index < -0.39 is 18.1 Å². The Morgan fingerprint density at radius 3 is 2.57 bits per heavy atom. The van der Waals surface area contributed by atoms with Crippen molar-refractivity contribution in [2.24, 2.45) is 0 Å². The number of rotatable bonds is 3. The first-order valence-electron chi connectivity index (χ1n) is 7.16. The minimum atomic E-state index is -1.05. The number of urea groups is 1. The third-order valence-electron chi connectivity index (χ3n) is 4.54. The van der Waals surface area contributed by atoms with Gasteiger partial charge < -0.3 is 24.5 Å². The summed E-state index contributed by atoms with van der Waals surface area (Å²) in [5, 5.41) is 9.32. The Kier molecular flexibility index (Phi) is 3.38. The molecule has 1 N–H and O–H groups in total. The Balaban J connectivity index is 1.81. The maximum absolute atomic E-state index is 12.4. The van der Waals surface area contributed by atoms with Crippen LogP contribution in [-0.4, -0.2) is 82.8 Å². The molecule has 2 unspecified atom stereocenters. The van der Waals surface area contributed by atoms with E-state index in [2.05, 4.69) is 4.74 Å². The summed E-state index contributed by atoms with van der Waals surface area (Å²) in [7, 11) is 1.28. The number of carboxylic acid groups (broad SMARTS) is 1. The summed E-state index contributed by atoms with van der Waals surface area (Å²) in [6, 6.07) is -0.527. The fourth-order valence-corrected chi connectivity index (χ4v) is 3.29. The van der Waals surface area contributed by atoms with E-state index in [0.717, 1.165) is 12.8 Å². The molecule has 3 rings (SSSR count). The molecule has 8 nitrogen and oxygen atoms in total. The zero-order valence-corrected chi connectivity index (χ0v) is 11.9. The molecule has 1 saturated carbocycles. The summed E-state index contributed by atoms with van der Waals surface area (Å²) in [6.45, 7) is 1.11. The zero-order valence-electron chi connectivity index (χ0n) is 11.9. The molecule has 0 radical (unpaired) electrons. The maximum Gasteiger partial charge on any atom is 0.407 e. The van der Waals surface area contributed by atoms with Gasteiger partial charge in [0.1, 0.15) is 0 Å². The van der Waals surface area contributed by atoms with E-state index in [-0.39, 0.29) is 25.0 Å². The summed E-state index contributed by atoms with van der Waals surface area (Å²) in [4.78, 5) is 40.1. The van der Waals surface area contributed by atoms with Crippen LogP contribution in [0.5, 0.6) is 0 Å². The van der Waals surface area contributed by atoms with E-state index in [1.807, 2.05) is 4.90 Å². The zero-order chi connectivity index (χ0) is 15.1. The van der Waals surface area contributed by atoms with Crippen LogP contribution in [0.25, 0.3) is 0 Å². The first kappa shape index (κ1) is 14.0. The van der Waals surface area contributed by atoms with Crippen molar-refractivity contribution in [2.75, 3.05) is 26.7 Å². The maximum atomic E-state index is 12.4. The first-order valence-corrected chi connectivity index (χ1v) is 7.16. The van der Waals surface area contributed by atoms with Crippen LogP contribution in [0.4, 0.5) is 9.59 Å². The molecule has 2 heterocycles. The molecule has 3 aliphatic rings. The summed E-state index contributed by atoms with van der Waals surface area (Å²) in [5.74, 6) is -0.453. The molecule has 2 atom stereocenters. The number of carbonyl (C=O) groups excluding carboxylic acids is 2. The lowest BCUT2D eigenvalue weighted by molar-refractivity contribution is -0.142. The Labute approximate surface area is 122 Å². The van der Waals surface area contributed by atoms with Crippen LogP contribution in [-0.2, 0) is 9.53 Å². The molecule has 0 aromatic rings. The van der Waals surface area contributed by atoms with Gasteiger partial charge in [-0.1, -0.05) is 0 Å². The molecule has 1 aliphatic carbocycles. The van der Waals surface area contributed by atoms with Crippen LogP contribution in [0.15, 0.2) is 0 Å². The molecule has 116 valence electrons. The van der Waals surface area contributed by atoms with Crippen molar-refractivity contribution in [3.63, 3.8) is 0 Å². The number of amides is 3. The van der Waals surface area contributed by atoms with Crippen LogP contribution < -0.4 is 0 Å². The topological polar surface area (TPSA) is 90.4 Å². The lowest BCUT2D eigenvalue weighted by atomic mass is 9.99. The van der Waals surface area contributed by atoms with Crippen molar-refractivity contribution < 1.29 is 24.2 Å². The molecular formula is C13H19N3O5. The minimum Gasteiger partial charge on any atom is -0.469 e. The largest absolute Gasteiger partial charge is 0.469 e. The van der Waals surface area contributed by atoms with E-state index in [1.165, 1.54) is 12.0 Å². The number of esters is 1. The lowest BCUT2D eigenvalue weighted by Crippen LogP contribution is -2.60. The third-order valence-corrected chi connectivity index (χ3v) is 4.54. The molecule has 21 heavy (non-hydrogen) atoms. The van der Waals surface area contributed by atoms with Crippen molar-refractivity contribution >= 4 is 18.1 Å². The van der Waals surface area contributed by atoms with Gasteiger partial charge in [-0.15, -0.1) is 0 Å². The first-order chi connectivity index (χ1) is 10.0. The number of hydrogen-bond donors (Lipinski definition) is 1. The second-order valence-corrected chi connectivity index (χ2v) is 5.75. The number of nitrogens with zero attached hydrogens (tertiary/aromatic N) is 3. The number of carbonyl (C=O) groups is 3. The predicted molar refractivity (Wildman–Crippen MR) is 70.8 cm³/mol. The monoisotopic (exact) mass is 297 g/mol. The second-order valence-electron chi connectivity index (χ2n) is 5.75. The number of fused-ring (bicyclic) bond motifs is 1. The molecule has 0 bridgehead atoms. The summed E-state index contributed by atoms with van der Waals surface area (Å²) in [5.41, 5.74) is 0. The molecule has 0 spiro atoms. The third kappa shape index (κ3) is 2.38. The van der Waals surface area contributed by atoms with Crippen molar-refractivity contribution in [3.05, 3.63) is 0 Å². The van der Waals surface area contributed by atoms with E-state index in [0.29, 0.717) is 19.1 Å². The minimum absolute atomic E-state index is 0.0181.